The molecule has 1 N–H and O–H groups in total. The van der Waals surface area contributed by atoms with Crippen LogP contribution in [-0.4, -0.2) is 19.1 Å². The summed E-state index contributed by atoms with van der Waals surface area (Å²) in [5.41, 5.74) is 8.42. The van der Waals surface area contributed by atoms with Gasteiger partial charge in [0.25, 0.3) is 5.97 Å². The Kier molecular flexibility index (Phi) is 7.96. The van der Waals surface area contributed by atoms with Crippen LogP contribution in [0.4, 0.5) is 0 Å². The van der Waals surface area contributed by atoms with E-state index in [9.17, 15) is 4.79 Å². The molecule has 0 aliphatic rings. The van der Waals surface area contributed by atoms with Crippen molar-refractivity contribution in [2.24, 2.45) is 0 Å². The molecule has 0 saturated carbocycles. The minimum absolute atomic E-state index is 0. The first-order valence-corrected chi connectivity index (χ1v) is 4.07. The fourth-order valence-electron chi connectivity index (χ4n) is 1.08. The average molecular weight is 264 g/mol. The number of esters is 1. The van der Waals surface area contributed by atoms with E-state index in [0.29, 0.717) is 6.42 Å². The van der Waals surface area contributed by atoms with Gasteiger partial charge in [0.1, 0.15) is 0 Å². The Hall–Kier alpha value is 0.455. The Morgan fingerprint density at radius 1 is 1.43 bits per heavy atom. The maximum Gasteiger partial charge on any atom is 1.00 e. The van der Waals surface area contributed by atoms with Crippen molar-refractivity contribution in [1.29, 1.82) is 0 Å². The van der Waals surface area contributed by atoms with Gasteiger partial charge in [0.15, 0.2) is 0 Å². The summed E-state index contributed by atoms with van der Waals surface area (Å²) in [4.78, 5) is 10.9. The second kappa shape index (κ2) is 7.71. The van der Waals surface area contributed by atoms with E-state index >= 15 is 0 Å². The van der Waals surface area contributed by atoms with E-state index in [1.165, 1.54) is 7.11 Å². The first kappa shape index (κ1) is 14.5. The van der Waals surface area contributed by atoms with Gasteiger partial charge in [-0.15, -0.1) is 0 Å². The zero-order chi connectivity index (χ0) is 9.68. The second-order valence-electron chi connectivity index (χ2n) is 2.77. The first-order valence-electron chi connectivity index (χ1n) is 4.07. The van der Waals surface area contributed by atoms with Crippen LogP contribution in [0, 0.1) is 0 Å². The molecule has 0 amide bonds. The topological polar surface area (TPSA) is 50.1 Å². The zero-order valence-corrected chi connectivity index (χ0v) is 13.4. The molecule has 1 aromatic rings. The molecule has 1 atom stereocenters. The zero-order valence-electron chi connectivity index (χ0n) is 8.49. The van der Waals surface area contributed by atoms with Gasteiger partial charge in [-0.05, 0) is 18.0 Å². The van der Waals surface area contributed by atoms with Crippen molar-refractivity contribution in [1.82, 2.24) is 0 Å². The van der Waals surface area contributed by atoms with Crippen LogP contribution >= 0.6 is 0 Å². The van der Waals surface area contributed by atoms with E-state index in [1.807, 2.05) is 30.3 Å². The molecule has 0 fully saturated rings. The normalized spacial score (nSPS) is 11.3. The van der Waals surface area contributed by atoms with E-state index in [-0.39, 0.29) is 58.2 Å². The number of nitrogens with one attached hydrogen (secondary N) is 1. The number of benzene rings is 1. The molecule has 0 aromatic heterocycles. The molecule has 0 aliphatic carbocycles. The van der Waals surface area contributed by atoms with Crippen LogP contribution in [0.1, 0.15) is 5.56 Å². The molecule has 3 nitrogen and oxygen atoms in total. The summed E-state index contributed by atoms with van der Waals surface area (Å²) in [5.74, 6) is -0.483. The number of carbonyl (C=O) groups excluding carboxylic acids is 1. The predicted octanol–water partition coefficient (Wildman–Crippen LogP) is -1.17. The van der Waals surface area contributed by atoms with Gasteiger partial charge < -0.3 is 10.5 Å². The fourth-order valence-corrected chi connectivity index (χ4v) is 1.08. The number of hydrogen-bond acceptors (Lipinski definition) is 2. The summed E-state index contributed by atoms with van der Waals surface area (Å²) in [5, 5.41) is 0. The molecule has 1 aromatic carbocycles. The molecule has 0 radical (unpaired) electrons. The van der Waals surface area contributed by atoms with Crippen LogP contribution in [0.15, 0.2) is 30.3 Å². The first-order chi connectivity index (χ1) is 6.24. The van der Waals surface area contributed by atoms with Gasteiger partial charge in [0.05, 0.1) is 7.11 Å². The molecule has 0 bridgehead atoms. The number of hydrogen-bond donors (Lipinski definition) is 0. The van der Waals surface area contributed by atoms with E-state index in [2.05, 4.69) is 4.74 Å². The number of ether oxygens (including phenoxy) is 1. The molecular formula is C10H12NO2Rb. The van der Waals surface area contributed by atoms with Crippen molar-refractivity contribution >= 4 is 5.97 Å². The summed E-state index contributed by atoms with van der Waals surface area (Å²) in [6, 6.07) is 8.65. The molecule has 4 heteroatoms. The Morgan fingerprint density at radius 2 is 2.00 bits per heavy atom. The van der Waals surface area contributed by atoms with Crippen LogP contribution in [0.5, 0.6) is 0 Å². The monoisotopic (exact) mass is 263 g/mol. The van der Waals surface area contributed by atoms with Gasteiger partial charge in [-0.3, -0.25) is 4.79 Å². The molecule has 1 rings (SSSR count). The third-order valence-electron chi connectivity index (χ3n) is 1.77. The average Bonchev–Trinajstić information content (AvgIpc) is 2.18. The van der Waals surface area contributed by atoms with Crippen LogP contribution in [0.3, 0.4) is 0 Å². The van der Waals surface area contributed by atoms with Gasteiger partial charge in [0.2, 0.25) is 0 Å². The number of carbonyl (C=O) groups is 1. The molecule has 0 aliphatic heterocycles. The molecule has 70 valence electrons. The van der Waals surface area contributed by atoms with E-state index in [1.54, 1.807) is 0 Å². The minimum atomic E-state index is -0.813. The minimum Gasteiger partial charge on any atom is -0.665 e. The van der Waals surface area contributed by atoms with E-state index < -0.39 is 12.0 Å². The van der Waals surface area contributed by atoms with Crippen LogP contribution < -0.4 is 58.2 Å². The largest absolute Gasteiger partial charge is 1.00 e. The summed E-state index contributed by atoms with van der Waals surface area (Å²) < 4.78 is 4.46. The fraction of sp³-hybridized carbons (Fsp3) is 0.300. The molecule has 14 heavy (non-hydrogen) atoms. The van der Waals surface area contributed by atoms with Gasteiger partial charge in [-0.1, -0.05) is 30.3 Å². The Balaban J connectivity index is 0.00000169. The Labute approximate surface area is 133 Å². The Morgan fingerprint density at radius 3 is 2.50 bits per heavy atom. The molecule has 0 spiro atoms. The van der Waals surface area contributed by atoms with Crippen molar-refractivity contribution < 1.29 is 67.7 Å². The molecule has 0 heterocycles. The molecule has 1 unspecified atom stereocenters. The van der Waals surface area contributed by atoms with Crippen molar-refractivity contribution in [3.63, 3.8) is 0 Å². The van der Waals surface area contributed by atoms with Crippen molar-refractivity contribution in [2.45, 2.75) is 12.5 Å². The van der Waals surface area contributed by atoms with Crippen LogP contribution in [0.2, 0.25) is 0 Å². The van der Waals surface area contributed by atoms with Gasteiger partial charge in [0, 0.05) is 0 Å². The summed E-state index contributed by atoms with van der Waals surface area (Å²) in [6.45, 7) is 0. The SMILES string of the molecule is COC(=O)C([NH-])Cc1ccccc1.[Rb+]. The van der Waals surface area contributed by atoms with Crippen LogP contribution in [-0.2, 0) is 16.0 Å². The van der Waals surface area contributed by atoms with Gasteiger partial charge in [-0.25, -0.2) is 0 Å². The Bertz CT molecular complexity index is 277. The maximum atomic E-state index is 10.9. The molecule has 0 saturated heterocycles. The van der Waals surface area contributed by atoms with Gasteiger partial charge in [-0.2, -0.15) is 0 Å². The standard InChI is InChI=1S/C10H12NO2.Rb/c1-13-10(12)9(11)7-8-5-3-2-4-6-8;/h2-6,9,11H,7H2,1H3;/q-1;+1. The number of rotatable bonds is 3. The maximum absolute atomic E-state index is 10.9. The van der Waals surface area contributed by atoms with Gasteiger partial charge >= 0.3 is 58.2 Å². The third kappa shape index (κ3) is 4.80. The van der Waals surface area contributed by atoms with E-state index in [0.717, 1.165) is 5.56 Å². The summed E-state index contributed by atoms with van der Waals surface area (Å²) in [6.07, 6.45) is 0.410. The third-order valence-corrected chi connectivity index (χ3v) is 1.77. The van der Waals surface area contributed by atoms with Crippen molar-refractivity contribution in [3.8, 4) is 0 Å². The molecular weight excluding hydrogens is 252 g/mol. The van der Waals surface area contributed by atoms with E-state index in [4.69, 9.17) is 5.73 Å². The second-order valence-corrected chi connectivity index (χ2v) is 2.77. The smallest absolute Gasteiger partial charge is 0.665 e. The summed E-state index contributed by atoms with van der Waals surface area (Å²) in [7, 11) is 1.30. The summed E-state index contributed by atoms with van der Waals surface area (Å²) >= 11 is 0. The quantitative estimate of drug-likeness (QED) is 0.645. The van der Waals surface area contributed by atoms with Crippen molar-refractivity contribution in [3.05, 3.63) is 41.6 Å². The number of methoxy groups -OCH3 is 1. The van der Waals surface area contributed by atoms with Crippen molar-refractivity contribution in [2.75, 3.05) is 7.11 Å². The predicted molar refractivity (Wildman–Crippen MR) is 50.3 cm³/mol. The van der Waals surface area contributed by atoms with Crippen LogP contribution in [0.25, 0.3) is 5.73 Å².